The zero-order valence-electron chi connectivity index (χ0n) is 21.1. The highest BCUT2D eigenvalue weighted by molar-refractivity contribution is 6.32. The summed E-state index contributed by atoms with van der Waals surface area (Å²) in [6.45, 7) is 6.97. The third-order valence-electron chi connectivity index (χ3n) is 8.22. The Hall–Kier alpha value is -3.42. The molecular formula is C30H31FN4O2. The van der Waals surface area contributed by atoms with Crippen molar-refractivity contribution in [1.29, 1.82) is 0 Å². The lowest BCUT2D eigenvalue weighted by Crippen LogP contribution is -2.60. The van der Waals surface area contributed by atoms with Gasteiger partial charge in [-0.05, 0) is 60.7 Å². The molecule has 0 spiro atoms. The van der Waals surface area contributed by atoms with Gasteiger partial charge in [0.15, 0.2) is 17.1 Å². The number of pyridine rings is 1. The smallest absolute Gasteiger partial charge is 0.196 e. The summed E-state index contributed by atoms with van der Waals surface area (Å²) in [6, 6.07) is 15.9. The second kappa shape index (κ2) is 9.47. The minimum atomic E-state index is -1.39. The fourth-order valence-corrected chi connectivity index (χ4v) is 6.16. The van der Waals surface area contributed by atoms with Crippen molar-refractivity contribution in [2.75, 3.05) is 44.2 Å². The van der Waals surface area contributed by atoms with Gasteiger partial charge in [-0.3, -0.25) is 19.4 Å². The van der Waals surface area contributed by atoms with Crippen LogP contribution in [0, 0.1) is 12.7 Å². The monoisotopic (exact) mass is 498 g/mol. The van der Waals surface area contributed by atoms with Gasteiger partial charge >= 0.3 is 0 Å². The van der Waals surface area contributed by atoms with Gasteiger partial charge in [0.2, 0.25) is 0 Å². The molecule has 0 radical (unpaired) electrons. The van der Waals surface area contributed by atoms with Crippen molar-refractivity contribution in [2.45, 2.75) is 31.8 Å². The highest BCUT2D eigenvalue weighted by Crippen LogP contribution is 2.43. The first-order valence-corrected chi connectivity index (χ1v) is 13.1. The van der Waals surface area contributed by atoms with Crippen molar-refractivity contribution in [2.24, 2.45) is 0 Å². The quantitative estimate of drug-likeness (QED) is 0.491. The molecule has 7 heteroatoms. The Balaban J connectivity index is 1.34. The van der Waals surface area contributed by atoms with E-state index in [2.05, 4.69) is 19.7 Å². The summed E-state index contributed by atoms with van der Waals surface area (Å²) in [4.78, 5) is 39.5. The number of piperazine rings is 1. The van der Waals surface area contributed by atoms with E-state index < -0.39 is 5.54 Å². The number of aromatic nitrogens is 1. The van der Waals surface area contributed by atoms with Crippen LogP contribution in [0.5, 0.6) is 0 Å². The summed E-state index contributed by atoms with van der Waals surface area (Å²) < 4.78 is 13.9. The zero-order valence-corrected chi connectivity index (χ0v) is 21.1. The number of hydrogen-bond acceptors (Lipinski definition) is 6. The minimum Gasteiger partial charge on any atom is -0.357 e. The molecule has 3 aromatic rings. The van der Waals surface area contributed by atoms with Gasteiger partial charge in [0.25, 0.3) is 0 Å². The number of carbonyl (C=O) groups excluding carboxylic acids is 2. The number of halogens is 1. The summed E-state index contributed by atoms with van der Waals surface area (Å²) >= 11 is 0. The van der Waals surface area contributed by atoms with Crippen LogP contribution in [0.15, 0.2) is 60.8 Å². The lowest BCUT2D eigenvalue weighted by molar-refractivity contribution is 0.0279. The highest BCUT2D eigenvalue weighted by Gasteiger charge is 2.58. The summed E-state index contributed by atoms with van der Waals surface area (Å²) in [7, 11) is 0. The summed E-state index contributed by atoms with van der Waals surface area (Å²) in [5.74, 6) is 0.290. The normalized spacial score (nSPS) is 20.0. The first-order valence-electron chi connectivity index (χ1n) is 13.1. The molecule has 2 aromatic carbocycles. The average molecular weight is 499 g/mol. The molecule has 3 aliphatic rings. The van der Waals surface area contributed by atoms with Crippen molar-refractivity contribution in [3.05, 3.63) is 94.4 Å². The second-order valence-corrected chi connectivity index (χ2v) is 10.3. The van der Waals surface area contributed by atoms with Crippen LogP contribution in [0.3, 0.4) is 0 Å². The standard InChI is InChI=1S/C30H31FN4O2/c1-21-8-9-24(31)18-22(21)20-33-14-16-35(17-15-33)30(28(36)25-6-2-3-7-26(25)29(30)37)23-10-11-32-27(19-23)34-12-4-5-13-34/h2-3,6-11,18-19H,4-5,12-17,20H2,1H3. The number of rotatable bonds is 5. The molecule has 0 unspecified atom stereocenters. The Morgan fingerprint density at radius 1 is 0.865 bits per heavy atom. The van der Waals surface area contributed by atoms with Crippen LogP contribution in [-0.4, -0.2) is 65.6 Å². The summed E-state index contributed by atoms with van der Waals surface area (Å²) in [5, 5.41) is 0. The predicted octanol–water partition coefficient (Wildman–Crippen LogP) is 4.22. The number of benzene rings is 2. The number of anilines is 1. The van der Waals surface area contributed by atoms with Crippen molar-refractivity contribution < 1.29 is 14.0 Å². The molecule has 2 saturated heterocycles. The van der Waals surface area contributed by atoms with Crippen LogP contribution in [0.4, 0.5) is 10.2 Å². The van der Waals surface area contributed by atoms with E-state index >= 15 is 0 Å². The van der Waals surface area contributed by atoms with Crippen molar-refractivity contribution in [1.82, 2.24) is 14.8 Å². The molecule has 1 aromatic heterocycles. The Bertz CT molecular complexity index is 1320. The number of nitrogens with zero attached hydrogens (tertiary/aromatic N) is 4. The fourth-order valence-electron chi connectivity index (χ4n) is 6.16. The number of Topliss-reactive ketones (excluding diaryl/α,β-unsaturated/α-hetero) is 2. The lowest BCUT2D eigenvalue weighted by Gasteiger charge is -2.44. The summed E-state index contributed by atoms with van der Waals surface area (Å²) in [5.41, 5.74) is 2.32. The van der Waals surface area contributed by atoms with Crippen molar-refractivity contribution in [3.63, 3.8) is 0 Å². The molecule has 0 N–H and O–H groups in total. The Kier molecular flexibility index (Phi) is 6.13. The van der Waals surface area contributed by atoms with Crippen LogP contribution >= 0.6 is 0 Å². The molecule has 0 bridgehead atoms. The van der Waals surface area contributed by atoms with Gasteiger partial charge in [-0.15, -0.1) is 0 Å². The van der Waals surface area contributed by atoms with E-state index in [1.54, 1.807) is 24.4 Å². The molecule has 0 atom stereocenters. The third-order valence-corrected chi connectivity index (χ3v) is 8.22. The molecular weight excluding hydrogens is 467 g/mol. The lowest BCUT2D eigenvalue weighted by atomic mass is 9.82. The maximum atomic E-state index is 14.2. The first-order chi connectivity index (χ1) is 18.0. The maximum absolute atomic E-state index is 14.2. The Labute approximate surface area is 216 Å². The van der Waals surface area contributed by atoms with E-state index in [-0.39, 0.29) is 17.4 Å². The zero-order chi connectivity index (χ0) is 25.6. The molecule has 0 amide bonds. The van der Waals surface area contributed by atoms with Crippen LogP contribution in [0.1, 0.15) is 50.2 Å². The average Bonchev–Trinajstić information content (AvgIpc) is 3.54. The minimum absolute atomic E-state index is 0.152. The number of ketones is 2. The van der Waals surface area contributed by atoms with E-state index in [1.165, 1.54) is 6.07 Å². The van der Waals surface area contributed by atoms with Gasteiger partial charge < -0.3 is 4.90 Å². The van der Waals surface area contributed by atoms with Crippen LogP contribution in [0.2, 0.25) is 0 Å². The Morgan fingerprint density at radius 3 is 2.22 bits per heavy atom. The van der Waals surface area contributed by atoms with Crippen LogP contribution in [0.25, 0.3) is 0 Å². The van der Waals surface area contributed by atoms with Crippen LogP contribution in [-0.2, 0) is 12.1 Å². The molecule has 37 heavy (non-hydrogen) atoms. The van der Waals surface area contributed by atoms with E-state index in [9.17, 15) is 14.0 Å². The van der Waals surface area contributed by atoms with Gasteiger partial charge in [-0.2, -0.15) is 0 Å². The highest BCUT2D eigenvalue weighted by atomic mass is 19.1. The van der Waals surface area contributed by atoms with Gasteiger partial charge in [0, 0.05) is 63.1 Å². The SMILES string of the molecule is Cc1ccc(F)cc1CN1CCN(C2(c3ccnc(N4CCCC4)c3)C(=O)c3ccccc3C2=O)CC1. The molecule has 6 nitrogen and oxygen atoms in total. The molecule has 0 saturated carbocycles. The van der Waals surface area contributed by atoms with Gasteiger partial charge in [-0.1, -0.05) is 30.3 Å². The summed E-state index contributed by atoms with van der Waals surface area (Å²) in [6.07, 6.45) is 3.97. The van der Waals surface area contributed by atoms with Gasteiger partial charge in [-0.25, -0.2) is 9.37 Å². The molecule has 190 valence electrons. The number of aryl methyl sites for hydroxylation is 1. The fraction of sp³-hybridized carbons (Fsp3) is 0.367. The molecule has 2 aliphatic heterocycles. The molecule has 2 fully saturated rings. The number of hydrogen-bond donors (Lipinski definition) is 0. The maximum Gasteiger partial charge on any atom is 0.196 e. The van der Waals surface area contributed by atoms with E-state index in [0.29, 0.717) is 49.4 Å². The largest absolute Gasteiger partial charge is 0.357 e. The van der Waals surface area contributed by atoms with E-state index in [4.69, 9.17) is 0 Å². The van der Waals surface area contributed by atoms with E-state index in [0.717, 1.165) is 42.9 Å². The second-order valence-electron chi connectivity index (χ2n) is 10.3. The van der Waals surface area contributed by atoms with Crippen LogP contribution < -0.4 is 4.90 Å². The third kappa shape index (κ3) is 3.97. The van der Waals surface area contributed by atoms with Gasteiger partial charge in [0.05, 0.1) is 0 Å². The topological polar surface area (TPSA) is 56.8 Å². The number of fused-ring (bicyclic) bond motifs is 1. The number of carbonyl (C=O) groups is 2. The molecule has 6 rings (SSSR count). The van der Waals surface area contributed by atoms with Crippen molar-refractivity contribution in [3.8, 4) is 0 Å². The van der Waals surface area contributed by atoms with Gasteiger partial charge in [0.1, 0.15) is 11.6 Å². The van der Waals surface area contributed by atoms with E-state index in [1.807, 2.05) is 37.3 Å². The first kappa shape index (κ1) is 23.9. The molecule has 3 heterocycles. The molecule has 1 aliphatic carbocycles. The predicted molar refractivity (Wildman–Crippen MR) is 140 cm³/mol. The van der Waals surface area contributed by atoms with Crippen molar-refractivity contribution >= 4 is 17.4 Å². The Morgan fingerprint density at radius 2 is 1.54 bits per heavy atom.